The van der Waals surface area contributed by atoms with Crippen molar-refractivity contribution in [3.63, 3.8) is 0 Å². The summed E-state index contributed by atoms with van der Waals surface area (Å²) in [6, 6.07) is 10.4. The molecule has 0 spiro atoms. The summed E-state index contributed by atoms with van der Waals surface area (Å²) < 4.78 is 5.33. The van der Waals surface area contributed by atoms with Crippen molar-refractivity contribution in [3.8, 4) is 11.8 Å². The fourth-order valence-corrected chi connectivity index (χ4v) is 1.78. The summed E-state index contributed by atoms with van der Waals surface area (Å²) >= 11 is 0. The van der Waals surface area contributed by atoms with E-state index in [1.54, 1.807) is 24.3 Å². The van der Waals surface area contributed by atoms with Crippen molar-refractivity contribution in [2.24, 2.45) is 0 Å². The van der Waals surface area contributed by atoms with Crippen LogP contribution >= 0.6 is 0 Å². The second-order valence-corrected chi connectivity index (χ2v) is 4.50. The zero-order chi connectivity index (χ0) is 15.1. The molecule has 2 aromatic rings. The first-order chi connectivity index (χ1) is 10.2. The molecule has 2 N–H and O–H groups in total. The number of nitriles is 1. The van der Waals surface area contributed by atoms with Crippen molar-refractivity contribution in [2.45, 2.75) is 19.8 Å². The molecule has 0 bridgehead atoms. The SMILES string of the molecule is CCCc1cc(NC(=O)COc2ccc(C#N)cc2)n[nH]1. The number of amides is 1. The highest BCUT2D eigenvalue weighted by Gasteiger charge is 2.07. The van der Waals surface area contributed by atoms with Crippen molar-refractivity contribution in [1.29, 1.82) is 5.26 Å². The summed E-state index contributed by atoms with van der Waals surface area (Å²) in [5.74, 6) is 0.749. The molecule has 0 saturated carbocycles. The first-order valence-electron chi connectivity index (χ1n) is 6.68. The molecule has 1 amide bonds. The maximum Gasteiger partial charge on any atom is 0.263 e. The number of ether oxygens (including phenoxy) is 1. The number of aromatic nitrogens is 2. The molecule has 0 radical (unpaired) electrons. The van der Waals surface area contributed by atoms with E-state index in [9.17, 15) is 4.79 Å². The van der Waals surface area contributed by atoms with Gasteiger partial charge in [-0.2, -0.15) is 10.4 Å². The summed E-state index contributed by atoms with van der Waals surface area (Å²) in [6.45, 7) is 1.96. The molecule has 0 aliphatic carbocycles. The van der Waals surface area contributed by atoms with Crippen LogP contribution in [-0.2, 0) is 11.2 Å². The third-order valence-electron chi connectivity index (χ3n) is 2.77. The van der Waals surface area contributed by atoms with Crippen LogP contribution in [0.2, 0.25) is 0 Å². The van der Waals surface area contributed by atoms with Crippen LogP contribution in [0, 0.1) is 11.3 Å². The molecule has 0 fully saturated rings. The van der Waals surface area contributed by atoms with Gasteiger partial charge in [-0.25, -0.2) is 0 Å². The Kier molecular flexibility index (Phi) is 4.94. The Morgan fingerprint density at radius 2 is 2.19 bits per heavy atom. The maximum absolute atomic E-state index is 11.7. The third kappa shape index (κ3) is 4.35. The lowest BCUT2D eigenvalue weighted by Gasteiger charge is -2.05. The van der Waals surface area contributed by atoms with Crippen LogP contribution in [0.4, 0.5) is 5.82 Å². The fraction of sp³-hybridized carbons (Fsp3) is 0.267. The smallest absolute Gasteiger partial charge is 0.263 e. The summed E-state index contributed by atoms with van der Waals surface area (Å²) in [5, 5.41) is 18.2. The number of hydrogen-bond donors (Lipinski definition) is 2. The number of nitrogens with one attached hydrogen (secondary N) is 2. The van der Waals surface area contributed by atoms with Crippen molar-refractivity contribution in [1.82, 2.24) is 10.2 Å². The van der Waals surface area contributed by atoms with Crippen LogP contribution in [0.25, 0.3) is 0 Å². The van der Waals surface area contributed by atoms with Gasteiger partial charge in [-0.1, -0.05) is 13.3 Å². The number of rotatable bonds is 6. The average molecular weight is 284 g/mol. The molecule has 108 valence electrons. The monoisotopic (exact) mass is 284 g/mol. The molecule has 1 heterocycles. The number of nitrogens with zero attached hydrogens (tertiary/aromatic N) is 2. The van der Waals surface area contributed by atoms with E-state index in [1.165, 1.54) is 0 Å². The van der Waals surface area contributed by atoms with Crippen molar-refractivity contribution < 1.29 is 9.53 Å². The molecule has 1 aromatic heterocycles. The molecule has 0 atom stereocenters. The summed E-state index contributed by atoms with van der Waals surface area (Å²) in [4.78, 5) is 11.7. The Morgan fingerprint density at radius 1 is 1.43 bits per heavy atom. The minimum Gasteiger partial charge on any atom is -0.484 e. The number of benzene rings is 1. The number of aromatic amines is 1. The zero-order valence-electron chi connectivity index (χ0n) is 11.7. The van der Waals surface area contributed by atoms with E-state index in [2.05, 4.69) is 22.4 Å². The fourth-order valence-electron chi connectivity index (χ4n) is 1.78. The van der Waals surface area contributed by atoms with E-state index in [0.29, 0.717) is 17.1 Å². The predicted octanol–water partition coefficient (Wildman–Crippen LogP) is 2.25. The van der Waals surface area contributed by atoms with Crippen molar-refractivity contribution in [2.75, 3.05) is 11.9 Å². The Morgan fingerprint density at radius 3 is 2.86 bits per heavy atom. The first kappa shape index (κ1) is 14.6. The van der Waals surface area contributed by atoms with E-state index in [-0.39, 0.29) is 12.5 Å². The third-order valence-corrected chi connectivity index (χ3v) is 2.77. The molecular weight excluding hydrogens is 268 g/mol. The van der Waals surface area contributed by atoms with Crippen molar-refractivity contribution >= 4 is 11.7 Å². The Bertz CT molecular complexity index is 640. The van der Waals surface area contributed by atoms with E-state index in [4.69, 9.17) is 10.00 Å². The van der Waals surface area contributed by atoms with Gasteiger partial charge in [0.05, 0.1) is 11.6 Å². The van der Waals surface area contributed by atoms with E-state index in [0.717, 1.165) is 18.5 Å². The molecule has 21 heavy (non-hydrogen) atoms. The molecule has 0 aliphatic heterocycles. The van der Waals surface area contributed by atoms with Gasteiger partial charge in [-0.3, -0.25) is 9.89 Å². The molecule has 2 rings (SSSR count). The summed E-state index contributed by atoms with van der Waals surface area (Å²) in [7, 11) is 0. The lowest BCUT2D eigenvalue weighted by molar-refractivity contribution is -0.118. The van der Waals surface area contributed by atoms with Crippen LogP contribution in [0.15, 0.2) is 30.3 Å². The van der Waals surface area contributed by atoms with Gasteiger partial charge in [0.2, 0.25) is 0 Å². The van der Waals surface area contributed by atoms with Gasteiger partial charge in [0.25, 0.3) is 5.91 Å². The zero-order valence-corrected chi connectivity index (χ0v) is 11.7. The normalized spacial score (nSPS) is 9.90. The lowest BCUT2D eigenvalue weighted by Crippen LogP contribution is -2.20. The average Bonchev–Trinajstić information content (AvgIpc) is 2.93. The van der Waals surface area contributed by atoms with Crippen LogP contribution < -0.4 is 10.1 Å². The largest absolute Gasteiger partial charge is 0.484 e. The standard InChI is InChI=1S/C15H16N4O2/c1-2-3-12-8-14(19-18-12)17-15(20)10-21-13-6-4-11(9-16)5-7-13/h4-8H,2-3,10H2,1H3,(H2,17,18,19,20). The maximum atomic E-state index is 11.7. The number of aryl methyl sites for hydroxylation is 1. The number of anilines is 1. The van der Waals surface area contributed by atoms with Crippen LogP contribution in [0.1, 0.15) is 24.6 Å². The first-order valence-corrected chi connectivity index (χ1v) is 6.68. The highest BCUT2D eigenvalue weighted by molar-refractivity contribution is 5.90. The van der Waals surface area contributed by atoms with Crippen LogP contribution in [0.5, 0.6) is 5.75 Å². The van der Waals surface area contributed by atoms with E-state index in [1.807, 2.05) is 12.1 Å². The number of hydrogen-bond acceptors (Lipinski definition) is 4. The van der Waals surface area contributed by atoms with Gasteiger partial charge in [-0.05, 0) is 30.7 Å². The molecule has 6 heteroatoms. The van der Waals surface area contributed by atoms with Gasteiger partial charge in [0, 0.05) is 11.8 Å². The second-order valence-electron chi connectivity index (χ2n) is 4.50. The molecule has 0 saturated heterocycles. The van der Waals surface area contributed by atoms with Gasteiger partial charge in [-0.15, -0.1) is 0 Å². The molecule has 1 aromatic carbocycles. The molecule has 0 aliphatic rings. The van der Waals surface area contributed by atoms with E-state index < -0.39 is 0 Å². The summed E-state index contributed by atoms with van der Waals surface area (Å²) in [6.07, 6.45) is 1.90. The predicted molar refractivity (Wildman–Crippen MR) is 77.9 cm³/mol. The minimum absolute atomic E-state index is 0.109. The lowest BCUT2D eigenvalue weighted by atomic mass is 10.2. The highest BCUT2D eigenvalue weighted by atomic mass is 16.5. The number of carbonyl (C=O) groups is 1. The van der Waals surface area contributed by atoms with Gasteiger partial charge < -0.3 is 10.1 Å². The van der Waals surface area contributed by atoms with Gasteiger partial charge >= 0.3 is 0 Å². The minimum atomic E-state index is -0.283. The number of H-pyrrole nitrogens is 1. The Labute approximate surface area is 122 Å². The number of carbonyl (C=O) groups excluding carboxylic acids is 1. The highest BCUT2D eigenvalue weighted by Crippen LogP contribution is 2.12. The Hall–Kier alpha value is -2.81. The Balaban J connectivity index is 1.82. The van der Waals surface area contributed by atoms with Gasteiger partial charge in [0.1, 0.15) is 5.75 Å². The molecular formula is C15H16N4O2. The van der Waals surface area contributed by atoms with E-state index >= 15 is 0 Å². The van der Waals surface area contributed by atoms with Crippen LogP contribution in [0.3, 0.4) is 0 Å². The quantitative estimate of drug-likeness (QED) is 0.851. The molecule has 0 unspecified atom stereocenters. The van der Waals surface area contributed by atoms with Gasteiger partial charge in [0.15, 0.2) is 12.4 Å². The van der Waals surface area contributed by atoms with Crippen LogP contribution in [-0.4, -0.2) is 22.7 Å². The topological polar surface area (TPSA) is 90.8 Å². The molecule has 6 nitrogen and oxygen atoms in total. The summed E-state index contributed by atoms with van der Waals surface area (Å²) in [5.41, 5.74) is 1.53. The van der Waals surface area contributed by atoms with Crippen molar-refractivity contribution in [3.05, 3.63) is 41.6 Å². The second kappa shape index (κ2) is 7.10.